The molecule has 15 heavy (non-hydrogen) atoms. The van der Waals surface area contributed by atoms with Gasteiger partial charge in [0.2, 0.25) is 0 Å². The summed E-state index contributed by atoms with van der Waals surface area (Å²) in [6.07, 6.45) is 2.53. The van der Waals surface area contributed by atoms with Crippen LogP contribution in [0.2, 0.25) is 0 Å². The molecule has 0 amide bonds. The monoisotopic (exact) mass is 214 g/mol. The zero-order chi connectivity index (χ0) is 11.4. The van der Waals surface area contributed by atoms with Crippen LogP contribution in [0.3, 0.4) is 0 Å². The van der Waals surface area contributed by atoms with Crippen molar-refractivity contribution in [2.24, 2.45) is 0 Å². The van der Waals surface area contributed by atoms with Gasteiger partial charge in [-0.05, 0) is 24.6 Å². The first-order valence-electron chi connectivity index (χ1n) is 4.22. The fourth-order valence-electron chi connectivity index (χ4n) is 1.18. The van der Waals surface area contributed by atoms with Gasteiger partial charge in [-0.2, -0.15) is 0 Å². The highest BCUT2D eigenvalue weighted by atomic mass is 19.3. The second-order valence-electron chi connectivity index (χ2n) is 2.95. The van der Waals surface area contributed by atoms with Gasteiger partial charge in [-0.25, -0.2) is 13.2 Å². The topological polar surface area (TPSA) is 9.23 Å². The van der Waals surface area contributed by atoms with Crippen molar-refractivity contribution in [3.8, 4) is 18.1 Å². The van der Waals surface area contributed by atoms with E-state index < -0.39 is 18.8 Å². The molecule has 0 aliphatic rings. The Kier molecular flexibility index (Phi) is 3.62. The molecule has 0 aromatic heterocycles. The van der Waals surface area contributed by atoms with E-state index in [-0.39, 0.29) is 11.3 Å². The third-order valence-electron chi connectivity index (χ3n) is 1.75. The number of benzene rings is 1. The summed E-state index contributed by atoms with van der Waals surface area (Å²) in [5, 5.41) is 0. The Bertz CT molecular complexity index is 394. The van der Waals surface area contributed by atoms with Crippen LogP contribution in [0.1, 0.15) is 11.1 Å². The van der Waals surface area contributed by atoms with E-state index in [0.29, 0.717) is 5.56 Å². The molecular formula is C11H9F3O. The van der Waals surface area contributed by atoms with Crippen LogP contribution < -0.4 is 4.74 Å². The number of aryl methyl sites for hydroxylation is 1. The molecule has 0 fully saturated rings. The minimum Gasteiger partial charge on any atom is -0.486 e. The van der Waals surface area contributed by atoms with Gasteiger partial charge < -0.3 is 4.74 Å². The Labute approximate surface area is 85.9 Å². The summed E-state index contributed by atoms with van der Waals surface area (Å²) in [4.78, 5) is 0. The number of hydrogen-bond acceptors (Lipinski definition) is 1. The number of halogens is 3. The highest BCUT2D eigenvalue weighted by molar-refractivity contribution is 5.49. The van der Waals surface area contributed by atoms with Crippen molar-refractivity contribution in [3.05, 3.63) is 29.1 Å². The van der Waals surface area contributed by atoms with Gasteiger partial charge in [0.05, 0.1) is 5.56 Å². The minimum absolute atomic E-state index is 0.138. The van der Waals surface area contributed by atoms with Gasteiger partial charge in [-0.1, -0.05) is 5.92 Å². The third kappa shape index (κ3) is 2.91. The molecule has 0 saturated carbocycles. The molecule has 0 radical (unpaired) electrons. The lowest BCUT2D eigenvalue weighted by atomic mass is 10.1. The molecule has 0 heterocycles. The lowest BCUT2D eigenvalue weighted by Gasteiger charge is -2.10. The molecule has 0 saturated heterocycles. The van der Waals surface area contributed by atoms with E-state index in [0.717, 1.165) is 6.07 Å². The lowest BCUT2D eigenvalue weighted by Crippen LogP contribution is -2.09. The van der Waals surface area contributed by atoms with Crippen LogP contribution in [0.5, 0.6) is 5.75 Å². The van der Waals surface area contributed by atoms with Crippen LogP contribution in [-0.2, 0) is 0 Å². The Morgan fingerprint density at radius 1 is 1.47 bits per heavy atom. The van der Waals surface area contributed by atoms with E-state index in [4.69, 9.17) is 11.2 Å². The predicted octanol–water partition coefficient (Wildman–Crippen LogP) is 2.76. The quantitative estimate of drug-likeness (QED) is 0.703. The number of rotatable bonds is 3. The molecule has 1 nitrogen and oxygen atoms in total. The van der Waals surface area contributed by atoms with Crippen molar-refractivity contribution in [1.29, 1.82) is 0 Å². The molecule has 0 aliphatic carbocycles. The van der Waals surface area contributed by atoms with E-state index in [1.165, 1.54) is 6.07 Å². The normalized spacial score (nSPS) is 10.1. The molecule has 1 aromatic carbocycles. The van der Waals surface area contributed by atoms with Crippen LogP contribution in [-0.4, -0.2) is 13.0 Å². The van der Waals surface area contributed by atoms with Crippen LogP contribution in [0.15, 0.2) is 12.1 Å². The van der Waals surface area contributed by atoms with Crippen molar-refractivity contribution >= 4 is 0 Å². The Morgan fingerprint density at radius 2 is 2.13 bits per heavy atom. The number of alkyl halides is 2. The second kappa shape index (κ2) is 4.74. The molecule has 0 aliphatic heterocycles. The Morgan fingerprint density at radius 3 is 2.67 bits per heavy atom. The van der Waals surface area contributed by atoms with Gasteiger partial charge in [-0.3, -0.25) is 0 Å². The van der Waals surface area contributed by atoms with Crippen molar-refractivity contribution < 1.29 is 17.9 Å². The number of ether oxygens (including phenoxy) is 1. The minimum atomic E-state index is -2.58. The van der Waals surface area contributed by atoms with Crippen molar-refractivity contribution in [2.45, 2.75) is 13.3 Å². The van der Waals surface area contributed by atoms with Crippen LogP contribution >= 0.6 is 0 Å². The maximum Gasteiger partial charge on any atom is 0.272 e. The van der Waals surface area contributed by atoms with Gasteiger partial charge in [0.15, 0.2) is 0 Å². The predicted molar refractivity (Wildman–Crippen MR) is 50.6 cm³/mol. The zero-order valence-corrected chi connectivity index (χ0v) is 8.06. The Balaban J connectivity index is 3.00. The van der Waals surface area contributed by atoms with Gasteiger partial charge in [0.1, 0.15) is 18.2 Å². The molecule has 0 N–H and O–H groups in total. The Hall–Kier alpha value is -1.63. The lowest BCUT2D eigenvalue weighted by molar-refractivity contribution is 0.0814. The van der Waals surface area contributed by atoms with Crippen molar-refractivity contribution in [1.82, 2.24) is 0 Å². The van der Waals surface area contributed by atoms with Crippen molar-refractivity contribution in [3.63, 3.8) is 0 Å². The zero-order valence-electron chi connectivity index (χ0n) is 8.06. The SMILES string of the molecule is C#Cc1cc(F)cc(C)c1OCC(F)F. The van der Waals surface area contributed by atoms with E-state index >= 15 is 0 Å². The summed E-state index contributed by atoms with van der Waals surface area (Å²) < 4.78 is 41.5. The van der Waals surface area contributed by atoms with Gasteiger partial charge in [-0.15, -0.1) is 6.42 Å². The molecule has 1 aromatic rings. The highest BCUT2D eigenvalue weighted by Crippen LogP contribution is 2.24. The molecule has 1 rings (SSSR count). The third-order valence-corrected chi connectivity index (χ3v) is 1.75. The first-order valence-corrected chi connectivity index (χ1v) is 4.22. The van der Waals surface area contributed by atoms with E-state index in [1.807, 2.05) is 0 Å². The van der Waals surface area contributed by atoms with Crippen molar-refractivity contribution in [2.75, 3.05) is 6.61 Å². The molecule has 80 valence electrons. The van der Waals surface area contributed by atoms with Gasteiger partial charge >= 0.3 is 0 Å². The first kappa shape index (κ1) is 11.4. The smallest absolute Gasteiger partial charge is 0.272 e. The summed E-state index contributed by atoms with van der Waals surface area (Å²) in [5.41, 5.74) is 0.553. The van der Waals surface area contributed by atoms with Crippen LogP contribution in [0.4, 0.5) is 13.2 Å². The molecular weight excluding hydrogens is 205 g/mol. The number of hydrogen-bond donors (Lipinski definition) is 0. The largest absolute Gasteiger partial charge is 0.486 e. The summed E-state index contributed by atoms with van der Waals surface area (Å²) in [7, 11) is 0. The maximum absolute atomic E-state index is 12.9. The molecule has 0 spiro atoms. The van der Waals surface area contributed by atoms with E-state index in [1.54, 1.807) is 6.92 Å². The van der Waals surface area contributed by atoms with Gasteiger partial charge in [0, 0.05) is 0 Å². The van der Waals surface area contributed by atoms with E-state index in [9.17, 15) is 13.2 Å². The average Bonchev–Trinajstić information content (AvgIpc) is 2.14. The summed E-state index contributed by atoms with van der Waals surface area (Å²) >= 11 is 0. The van der Waals surface area contributed by atoms with Crippen LogP contribution in [0, 0.1) is 25.1 Å². The second-order valence-corrected chi connectivity index (χ2v) is 2.95. The standard InChI is InChI=1S/C11H9F3O/c1-3-8-5-9(12)4-7(2)11(8)15-6-10(13)14/h1,4-5,10H,6H2,2H3. The summed E-state index contributed by atoms with van der Waals surface area (Å²) in [6.45, 7) is 0.797. The average molecular weight is 214 g/mol. The van der Waals surface area contributed by atoms with Crippen LogP contribution in [0.25, 0.3) is 0 Å². The molecule has 0 bridgehead atoms. The van der Waals surface area contributed by atoms with Gasteiger partial charge in [0.25, 0.3) is 6.43 Å². The summed E-state index contributed by atoms with van der Waals surface area (Å²) in [5.74, 6) is 1.82. The summed E-state index contributed by atoms with van der Waals surface area (Å²) in [6, 6.07) is 2.26. The van der Waals surface area contributed by atoms with E-state index in [2.05, 4.69) is 5.92 Å². The highest BCUT2D eigenvalue weighted by Gasteiger charge is 2.11. The maximum atomic E-state index is 12.9. The number of terminal acetylenes is 1. The first-order chi connectivity index (χ1) is 7.04. The molecule has 0 unspecified atom stereocenters. The fraction of sp³-hybridized carbons (Fsp3) is 0.273. The molecule has 4 heteroatoms. The molecule has 0 atom stereocenters. The fourth-order valence-corrected chi connectivity index (χ4v) is 1.18.